The third-order valence-corrected chi connectivity index (χ3v) is 3.08. The summed E-state index contributed by atoms with van der Waals surface area (Å²) in [5, 5.41) is 13.0. The Bertz CT molecular complexity index is 396. The van der Waals surface area contributed by atoms with Gasteiger partial charge in [0.15, 0.2) is 0 Å². The van der Waals surface area contributed by atoms with Crippen LogP contribution in [-0.4, -0.2) is 39.0 Å². The van der Waals surface area contributed by atoms with Crippen molar-refractivity contribution < 1.29 is 14.6 Å². The molecule has 0 aromatic heterocycles. The van der Waals surface area contributed by atoms with Crippen LogP contribution in [0.25, 0.3) is 0 Å². The molecule has 0 aliphatic rings. The normalized spacial score (nSPS) is 14.1. The second kappa shape index (κ2) is 6.58. The second-order valence-corrected chi connectivity index (χ2v) is 4.08. The van der Waals surface area contributed by atoms with Crippen LogP contribution in [0.4, 0.5) is 0 Å². The molecule has 0 radical (unpaired) electrons. The standard InChI is InChI=1S/C13H22N2O3/c1-8-11(17-3)6-5-9(13(8)18-4)12(15-2)10(16)7-14/h5-6,10,12,15-16H,7,14H2,1-4H3. The monoisotopic (exact) mass is 254 g/mol. The number of likely N-dealkylation sites (N-methyl/N-ethyl adjacent to an activating group) is 1. The Kier molecular flexibility index (Phi) is 5.40. The number of methoxy groups -OCH3 is 2. The fourth-order valence-electron chi connectivity index (χ4n) is 2.12. The Labute approximate surface area is 108 Å². The summed E-state index contributed by atoms with van der Waals surface area (Å²) in [4.78, 5) is 0. The van der Waals surface area contributed by atoms with Gasteiger partial charge < -0.3 is 25.6 Å². The van der Waals surface area contributed by atoms with E-state index in [1.807, 2.05) is 19.1 Å². The molecule has 0 aliphatic carbocycles. The number of benzene rings is 1. The summed E-state index contributed by atoms with van der Waals surface area (Å²) < 4.78 is 10.7. The number of hydrogen-bond donors (Lipinski definition) is 3. The Morgan fingerprint density at radius 2 is 2.00 bits per heavy atom. The maximum absolute atomic E-state index is 9.93. The summed E-state index contributed by atoms with van der Waals surface area (Å²) in [6.07, 6.45) is -0.670. The minimum absolute atomic E-state index is 0.180. The zero-order valence-corrected chi connectivity index (χ0v) is 11.4. The van der Waals surface area contributed by atoms with Crippen molar-refractivity contribution in [2.75, 3.05) is 27.8 Å². The van der Waals surface area contributed by atoms with Crippen LogP contribution in [0, 0.1) is 6.92 Å². The molecule has 1 aromatic rings. The van der Waals surface area contributed by atoms with E-state index in [1.165, 1.54) is 0 Å². The first-order valence-electron chi connectivity index (χ1n) is 5.87. The summed E-state index contributed by atoms with van der Waals surface area (Å²) in [6, 6.07) is 3.47. The van der Waals surface area contributed by atoms with Gasteiger partial charge in [-0.25, -0.2) is 0 Å². The molecule has 102 valence electrons. The first-order chi connectivity index (χ1) is 8.60. The van der Waals surface area contributed by atoms with Gasteiger partial charge in [-0.3, -0.25) is 0 Å². The molecule has 1 aromatic carbocycles. The van der Waals surface area contributed by atoms with Gasteiger partial charge in [-0.15, -0.1) is 0 Å². The number of hydrogen-bond acceptors (Lipinski definition) is 5. The molecular formula is C13H22N2O3. The second-order valence-electron chi connectivity index (χ2n) is 4.08. The van der Waals surface area contributed by atoms with E-state index in [1.54, 1.807) is 21.3 Å². The molecule has 0 saturated carbocycles. The highest BCUT2D eigenvalue weighted by molar-refractivity contribution is 5.50. The van der Waals surface area contributed by atoms with Crippen LogP contribution in [-0.2, 0) is 0 Å². The summed E-state index contributed by atoms with van der Waals surface area (Å²) in [5.41, 5.74) is 7.29. The van der Waals surface area contributed by atoms with E-state index in [0.29, 0.717) is 5.75 Å². The predicted octanol–water partition coefficient (Wildman–Crippen LogP) is 0.592. The molecule has 0 spiro atoms. The van der Waals surface area contributed by atoms with E-state index in [0.717, 1.165) is 16.9 Å². The van der Waals surface area contributed by atoms with Crippen molar-refractivity contribution in [3.05, 3.63) is 23.3 Å². The van der Waals surface area contributed by atoms with E-state index < -0.39 is 6.10 Å². The summed E-state index contributed by atoms with van der Waals surface area (Å²) in [7, 11) is 5.00. The van der Waals surface area contributed by atoms with Gasteiger partial charge >= 0.3 is 0 Å². The van der Waals surface area contributed by atoms with Crippen LogP contribution in [0.15, 0.2) is 12.1 Å². The van der Waals surface area contributed by atoms with Crippen molar-refractivity contribution in [1.29, 1.82) is 0 Å². The van der Waals surface area contributed by atoms with Crippen molar-refractivity contribution >= 4 is 0 Å². The fourth-order valence-corrected chi connectivity index (χ4v) is 2.12. The number of nitrogens with one attached hydrogen (secondary N) is 1. The molecule has 0 aliphatic heterocycles. The molecule has 0 bridgehead atoms. The highest BCUT2D eigenvalue weighted by Crippen LogP contribution is 2.35. The average molecular weight is 254 g/mol. The molecule has 0 fully saturated rings. The third-order valence-electron chi connectivity index (χ3n) is 3.08. The van der Waals surface area contributed by atoms with Gasteiger partial charge in [0.25, 0.3) is 0 Å². The zero-order valence-electron chi connectivity index (χ0n) is 11.4. The Balaban J connectivity index is 3.26. The van der Waals surface area contributed by atoms with Crippen molar-refractivity contribution in [1.82, 2.24) is 5.32 Å². The zero-order chi connectivity index (χ0) is 13.7. The van der Waals surface area contributed by atoms with E-state index in [9.17, 15) is 5.11 Å². The van der Waals surface area contributed by atoms with Crippen LogP contribution in [0.5, 0.6) is 11.5 Å². The largest absolute Gasteiger partial charge is 0.496 e. The first-order valence-corrected chi connectivity index (χ1v) is 5.87. The lowest BCUT2D eigenvalue weighted by Crippen LogP contribution is -2.35. The highest BCUT2D eigenvalue weighted by atomic mass is 16.5. The van der Waals surface area contributed by atoms with Gasteiger partial charge in [-0.05, 0) is 26.1 Å². The maximum Gasteiger partial charge on any atom is 0.130 e. The minimum Gasteiger partial charge on any atom is -0.496 e. The van der Waals surface area contributed by atoms with E-state index in [2.05, 4.69) is 5.32 Å². The Hall–Kier alpha value is -1.30. The van der Waals surface area contributed by atoms with E-state index in [4.69, 9.17) is 15.2 Å². The topological polar surface area (TPSA) is 76.7 Å². The molecule has 5 heteroatoms. The van der Waals surface area contributed by atoms with Gasteiger partial charge in [-0.2, -0.15) is 0 Å². The number of nitrogens with two attached hydrogens (primary N) is 1. The first kappa shape index (κ1) is 14.8. The fraction of sp³-hybridized carbons (Fsp3) is 0.538. The van der Waals surface area contributed by atoms with Crippen LogP contribution < -0.4 is 20.5 Å². The quantitative estimate of drug-likeness (QED) is 0.693. The summed E-state index contributed by atoms with van der Waals surface area (Å²) >= 11 is 0. The lowest BCUT2D eigenvalue weighted by molar-refractivity contribution is 0.137. The van der Waals surface area contributed by atoms with Crippen LogP contribution in [0.2, 0.25) is 0 Å². The van der Waals surface area contributed by atoms with Gasteiger partial charge in [0.1, 0.15) is 11.5 Å². The highest BCUT2D eigenvalue weighted by Gasteiger charge is 2.23. The molecule has 0 saturated heterocycles. The maximum atomic E-state index is 9.93. The SMILES string of the molecule is CNC(c1ccc(OC)c(C)c1OC)C(O)CN. The molecule has 4 N–H and O–H groups in total. The number of aliphatic hydroxyl groups is 1. The third kappa shape index (κ3) is 2.75. The molecular weight excluding hydrogens is 232 g/mol. The lowest BCUT2D eigenvalue weighted by Gasteiger charge is -2.25. The van der Waals surface area contributed by atoms with Crippen molar-refractivity contribution in [3.8, 4) is 11.5 Å². The molecule has 2 atom stereocenters. The van der Waals surface area contributed by atoms with Gasteiger partial charge in [0.2, 0.25) is 0 Å². The van der Waals surface area contributed by atoms with Gasteiger partial charge in [-0.1, -0.05) is 0 Å². The van der Waals surface area contributed by atoms with Gasteiger partial charge in [0.05, 0.1) is 26.4 Å². The van der Waals surface area contributed by atoms with Crippen molar-refractivity contribution in [2.24, 2.45) is 5.73 Å². The van der Waals surface area contributed by atoms with Crippen molar-refractivity contribution in [3.63, 3.8) is 0 Å². The molecule has 5 nitrogen and oxygen atoms in total. The summed E-state index contributed by atoms with van der Waals surface area (Å²) in [5.74, 6) is 1.47. The molecule has 18 heavy (non-hydrogen) atoms. The van der Waals surface area contributed by atoms with Crippen LogP contribution >= 0.6 is 0 Å². The van der Waals surface area contributed by atoms with Crippen LogP contribution in [0.3, 0.4) is 0 Å². The molecule has 0 heterocycles. The molecule has 0 amide bonds. The minimum atomic E-state index is -0.670. The Morgan fingerprint density at radius 3 is 2.44 bits per heavy atom. The smallest absolute Gasteiger partial charge is 0.130 e. The lowest BCUT2D eigenvalue weighted by atomic mass is 9.97. The number of rotatable bonds is 6. The predicted molar refractivity (Wildman–Crippen MR) is 71.1 cm³/mol. The molecule has 1 rings (SSSR count). The number of ether oxygens (including phenoxy) is 2. The van der Waals surface area contributed by atoms with Crippen LogP contribution in [0.1, 0.15) is 17.2 Å². The number of aliphatic hydroxyl groups excluding tert-OH is 1. The molecule has 2 unspecified atom stereocenters. The van der Waals surface area contributed by atoms with Crippen molar-refractivity contribution in [2.45, 2.75) is 19.1 Å². The Morgan fingerprint density at radius 1 is 1.33 bits per heavy atom. The van der Waals surface area contributed by atoms with Gasteiger partial charge in [0, 0.05) is 17.7 Å². The van der Waals surface area contributed by atoms with E-state index >= 15 is 0 Å². The van der Waals surface area contributed by atoms with E-state index in [-0.39, 0.29) is 12.6 Å². The average Bonchev–Trinajstić information content (AvgIpc) is 2.39. The summed E-state index contributed by atoms with van der Waals surface area (Å²) in [6.45, 7) is 2.10.